The maximum absolute atomic E-state index is 11.8. The van der Waals surface area contributed by atoms with E-state index in [9.17, 15) is 26.4 Å². The SMILES string of the molecule is O=C(O)c1ccc(S(=O)(=O)NCCOCC(F)(F)F)nc1. The minimum atomic E-state index is -4.48. The van der Waals surface area contributed by atoms with Crippen molar-refractivity contribution in [3.63, 3.8) is 0 Å². The Bertz CT molecular complexity index is 586. The van der Waals surface area contributed by atoms with Crippen molar-refractivity contribution >= 4 is 16.0 Å². The molecule has 7 nitrogen and oxygen atoms in total. The quantitative estimate of drug-likeness (QED) is 0.712. The Labute approximate surface area is 117 Å². The Morgan fingerprint density at radius 3 is 2.52 bits per heavy atom. The molecule has 0 spiro atoms. The number of sulfonamides is 1. The van der Waals surface area contributed by atoms with Gasteiger partial charge in [0.15, 0.2) is 5.03 Å². The molecule has 1 rings (SSSR count). The van der Waals surface area contributed by atoms with Gasteiger partial charge >= 0.3 is 12.1 Å². The van der Waals surface area contributed by atoms with Crippen molar-refractivity contribution in [1.29, 1.82) is 0 Å². The predicted octanol–water partition coefficient (Wildman–Crippen LogP) is 0.637. The summed E-state index contributed by atoms with van der Waals surface area (Å²) in [5.74, 6) is -1.26. The van der Waals surface area contributed by atoms with E-state index >= 15 is 0 Å². The van der Waals surface area contributed by atoms with Crippen LogP contribution < -0.4 is 4.72 Å². The summed E-state index contributed by atoms with van der Waals surface area (Å²) < 4.78 is 64.8. The minimum absolute atomic E-state index is 0.192. The molecular weight excluding hydrogens is 317 g/mol. The molecule has 11 heteroatoms. The second-order valence-electron chi connectivity index (χ2n) is 3.76. The van der Waals surface area contributed by atoms with Gasteiger partial charge < -0.3 is 9.84 Å². The van der Waals surface area contributed by atoms with Crippen LogP contribution in [-0.4, -0.2) is 50.4 Å². The summed E-state index contributed by atoms with van der Waals surface area (Å²) in [6.07, 6.45) is -3.62. The second-order valence-corrected chi connectivity index (χ2v) is 5.47. The van der Waals surface area contributed by atoms with Gasteiger partial charge in [-0.05, 0) is 12.1 Å². The number of carboxylic acid groups (broad SMARTS) is 1. The van der Waals surface area contributed by atoms with Gasteiger partial charge in [-0.25, -0.2) is 22.9 Å². The summed E-state index contributed by atoms with van der Waals surface area (Å²) in [4.78, 5) is 14.0. The van der Waals surface area contributed by atoms with Gasteiger partial charge in [-0.15, -0.1) is 0 Å². The molecule has 0 atom stereocenters. The molecule has 0 bridgehead atoms. The molecule has 0 fully saturated rings. The Morgan fingerprint density at radius 2 is 2.05 bits per heavy atom. The molecule has 1 aromatic rings. The predicted molar refractivity (Wildman–Crippen MR) is 63.3 cm³/mol. The average Bonchev–Trinajstić information content (AvgIpc) is 2.37. The monoisotopic (exact) mass is 328 g/mol. The van der Waals surface area contributed by atoms with Crippen LogP contribution in [-0.2, 0) is 14.8 Å². The lowest BCUT2D eigenvalue weighted by Crippen LogP contribution is -2.29. The number of rotatable bonds is 7. The number of pyridine rings is 1. The lowest BCUT2D eigenvalue weighted by molar-refractivity contribution is -0.173. The van der Waals surface area contributed by atoms with Crippen LogP contribution in [0.1, 0.15) is 10.4 Å². The zero-order chi connectivity index (χ0) is 16.1. The van der Waals surface area contributed by atoms with E-state index < -0.39 is 40.4 Å². The van der Waals surface area contributed by atoms with Crippen molar-refractivity contribution in [2.24, 2.45) is 0 Å². The smallest absolute Gasteiger partial charge is 0.411 e. The first kappa shape index (κ1) is 17.3. The van der Waals surface area contributed by atoms with Crippen LogP contribution in [0.25, 0.3) is 0 Å². The van der Waals surface area contributed by atoms with Crippen LogP contribution in [0.2, 0.25) is 0 Å². The van der Waals surface area contributed by atoms with Crippen LogP contribution in [0.5, 0.6) is 0 Å². The van der Waals surface area contributed by atoms with Crippen LogP contribution in [0.3, 0.4) is 0 Å². The molecule has 0 saturated heterocycles. The van der Waals surface area contributed by atoms with Crippen molar-refractivity contribution < 1.29 is 36.2 Å². The van der Waals surface area contributed by atoms with E-state index in [1.165, 1.54) is 0 Å². The molecule has 0 saturated carbocycles. The Balaban J connectivity index is 2.52. The maximum Gasteiger partial charge on any atom is 0.411 e. The van der Waals surface area contributed by atoms with Crippen LogP contribution in [0.4, 0.5) is 13.2 Å². The molecule has 0 aliphatic carbocycles. The van der Waals surface area contributed by atoms with Crippen molar-refractivity contribution in [2.45, 2.75) is 11.2 Å². The summed E-state index contributed by atoms with van der Waals surface area (Å²) in [6, 6.07) is 2.02. The van der Waals surface area contributed by atoms with Crippen LogP contribution in [0, 0.1) is 0 Å². The fourth-order valence-corrected chi connectivity index (χ4v) is 2.11. The zero-order valence-electron chi connectivity index (χ0n) is 10.4. The summed E-state index contributed by atoms with van der Waals surface area (Å²) in [5.41, 5.74) is -0.192. The number of carbonyl (C=O) groups is 1. The van der Waals surface area contributed by atoms with Gasteiger partial charge in [-0.3, -0.25) is 0 Å². The van der Waals surface area contributed by atoms with E-state index in [0.29, 0.717) is 0 Å². The number of carboxylic acids is 1. The average molecular weight is 328 g/mol. The standard InChI is InChI=1S/C10H11F3N2O5S/c11-10(12,13)6-20-4-3-15-21(18,19)8-2-1-7(5-14-8)9(16)17/h1-2,5,15H,3-4,6H2,(H,16,17). The number of nitrogens with zero attached hydrogens (tertiary/aromatic N) is 1. The highest BCUT2D eigenvalue weighted by Crippen LogP contribution is 2.14. The molecule has 0 unspecified atom stereocenters. The number of hydrogen-bond donors (Lipinski definition) is 2. The first-order valence-electron chi connectivity index (χ1n) is 5.45. The number of halogens is 3. The minimum Gasteiger partial charge on any atom is -0.478 e. The zero-order valence-corrected chi connectivity index (χ0v) is 11.2. The fourth-order valence-electron chi connectivity index (χ4n) is 1.18. The van der Waals surface area contributed by atoms with Gasteiger partial charge in [-0.2, -0.15) is 13.2 Å². The molecule has 0 aliphatic rings. The van der Waals surface area contributed by atoms with E-state index in [2.05, 4.69) is 9.72 Å². The topological polar surface area (TPSA) is 106 Å². The molecule has 0 aromatic carbocycles. The first-order chi connectivity index (χ1) is 9.62. The molecule has 1 aromatic heterocycles. The molecule has 21 heavy (non-hydrogen) atoms. The third kappa shape index (κ3) is 6.06. The lowest BCUT2D eigenvalue weighted by Gasteiger charge is -2.08. The molecule has 118 valence electrons. The highest BCUT2D eigenvalue weighted by atomic mass is 32.2. The number of hydrogen-bond acceptors (Lipinski definition) is 5. The summed E-state index contributed by atoms with van der Waals surface area (Å²) in [6.45, 7) is -2.31. The number of alkyl halides is 3. The number of aromatic nitrogens is 1. The molecule has 2 N–H and O–H groups in total. The van der Waals surface area contributed by atoms with E-state index in [1.54, 1.807) is 0 Å². The van der Waals surface area contributed by atoms with Gasteiger partial charge in [0.1, 0.15) is 6.61 Å². The van der Waals surface area contributed by atoms with Crippen molar-refractivity contribution in [3.8, 4) is 0 Å². The molecular formula is C10H11F3N2O5S. The number of nitrogens with one attached hydrogen (secondary N) is 1. The van der Waals surface area contributed by atoms with Crippen molar-refractivity contribution in [1.82, 2.24) is 9.71 Å². The molecule has 0 radical (unpaired) electrons. The van der Waals surface area contributed by atoms with Crippen molar-refractivity contribution in [3.05, 3.63) is 23.9 Å². The Hall–Kier alpha value is -1.72. The van der Waals surface area contributed by atoms with E-state index in [1.807, 2.05) is 4.72 Å². The molecule has 0 amide bonds. The fraction of sp³-hybridized carbons (Fsp3) is 0.400. The lowest BCUT2D eigenvalue weighted by atomic mass is 10.3. The van der Waals surface area contributed by atoms with Gasteiger partial charge in [-0.1, -0.05) is 0 Å². The highest BCUT2D eigenvalue weighted by molar-refractivity contribution is 7.89. The van der Waals surface area contributed by atoms with Gasteiger partial charge in [0.25, 0.3) is 10.0 Å². The Kier molecular flexibility index (Phi) is 5.63. The molecule has 0 aliphatic heterocycles. The van der Waals surface area contributed by atoms with Gasteiger partial charge in [0, 0.05) is 12.7 Å². The van der Waals surface area contributed by atoms with Crippen LogP contribution >= 0.6 is 0 Å². The van der Waals surface area contributed by atoms with E-state index in [-0.39, 0.29) is 12.1 Å². The third-order valence-corrected chi connectivity index (χ3v) is 3.44. The normalized spacial score (nSPS) is 12.3. The van der Waals surface area contributed by atoms with Crippen molar-refractivity contribution in [2.75, 3.05) is 19.8 Å². The number of aromatic carboxylic acids is 1. The highest BCUT2D eigenvalue weighted by Gasteiger charge is 2.27. The number of ether oxygens (including phenoxy) is 1. The second kappa shape index (κ2) is 6.83. The maximum atomic E-state index is 11.8. The first-order valence-corrected chi connectivity index (χ1v) is 6.94. The summed E-state index contributed by atoms with van der Waals surface area (Å²) in [5, 5.41) is 8.19. The summed E-state index contributed by atoms with van der Waals surface area (Å²) >= 11 is 0. The van der Waals surface area contributed by atoms with E-state index in [4.69, 9.17) is 5.11 Å². The molecule has 1 heterocycles. The van der Waals surface area contributed by atoms with Crippen LogP contribution in [0.15, 0.2) is 23.4 Å². The largest absolute Gasteiger partial charge is 0.478 e. The summed E-state index contributed by atoms with van der Waals surface area (Å²) in [7, 11) is -4.03. The van der Waals surface area contributed by atoms with Gasteiger partial charge in [0.05, 0.1) is 12.2 Å². The Morgan fingerprint density at radius 1 is 1.38 bits per heavy atom. The van der Waals surface area contributed by atoms with Gasteiger partial charge in [0.2, 0.25) is 0 Å². The van der Waals surface area contributed by atoms with E-state index in [0.717, 1.165) is 18.3 Å². The third-order valence-electron chi connectivity index (χ3n) is 2.06.